The van der Waals surface area contributed by atoms with Crippen LogP contribution in [0.1, 0.15) is 44.1 Å². The highest BCUT2D eigenvalue weighted by Gasteiger charge is 2.46. The van der Waals surface area contributed by atoms with E-state index >= 15 is 0 Å². The molecule has 3 rings (SSSR count). The molecule has 1 aliphatic heterocycles. The number of rotatable bonds is 6. The molecule has 0 aromatic heterocycles. The molecule has 3 nitrogen and oxygen atoms in total. The van der Waals surface area contributed by atoms with Crippen LogP contribution in [-0.4, -0.2) is 37.5 Å². The van der Waals surface area contributed by atoms with E-state index in [-0.39, 0.29) is 17.8 Å². The first kappa shape index (κ1) is 19.3. The van der Waals surface area contributed by atoms with Gasteiger partial charge in [0.05, 0.1) is 5.41 Å². The molecule has 1 saturated heterocycles. The van der Waals surface area contributed by atoms with E-state index in [0.29, 0.717) is 5.91 Å². The van der Waals surface area contributed by atoms with Crippen LogP contribution in [-0.2, 0) is 11.2 Å². The van der Waals surface area contributed by atoms with Crippen LogP contribution in [0.3, 0.4) is 0 Å². The van der Waals surface area contributed by atoms with Crippen molar-refractivity contribution in [1.29, 1.82) is 0 Å². The van der Waals surface area contributed by atoms with Gasteiger partial charge in [0.25, 0.3) is 0 Å². The van der Waals surface area contributed by atoms with Crippen LogP contribution < -0.4 is 5.32 Å². The van der Waals surface area contributed by atoms with Gasteiger partial charge >= 0.3 is 0 Å². The average Bonchev–Trinajstić information content (AvgIpc) is 2.57. The van der Waals surface area contributed by atoms with Crippen molar-refractivity contribution in [3.8, 4) is 0 Å². The summed E-state index contributed by atoms with van der Waals surface area (Å²) in [5, 5.41) is 3.24. The van der Waals surface area contributed by atoms with Crippen LogP contribution in [0.25, 0.3) is 0 Å². The molecule has 1 heterocycles. The van der Waals surface area contributed by atoms with Gasteiger partial charge < -0.3 is 10.2 Å². The first-order chi connectivity index (χ1) is 11.2. The van der Waals surface area contributed by atoms with Crippen molar-refractivity contribution in [2.75, 3.05) is 26.7 Å². The summed E-state index contributed by atoms with van der Waals surface area (Å²) in [5.74, 6) is 1.22. The Balaban J connectivity index is 0.00000208. The summed E-state index contributed by atoms with van der Waals surface area (Å²) >= 11 is 0. The number of halogens is 1. The Bertz CT molecular complexity index is 508. The van der Waals surface area contributed by atoms with E-state index in [2.05, 4.69) is 40.5 Å². The molecule has 1 amide bonds. The smallest absolute Gasteiger partial charge is 0.229 e. The molecule has 1 saturated carbocycles. The molecule has 1 aromatic carbocycles. The quantitative estimate of drug-likeness (QED) is 0.849. The molecule has 0 atom stereocenters. The fourth-order valence-electron chi connectivity index (χ4n) is 4.17. The monoisotopic (exact) mass is 350 g/mol. The predicted molar refractivity (Wildman–Crippen MR) is 102 cm³/mol. The first-order valence-corrected chi connectivity index (χ1v) is 9.21. The molecule has 2 aliphatic rings. The van der Waals surface area contributed by atoms with E-state index < -0.39 is 0 Å². The third-order valence-corrected chi connectivity index (χ3v) is 5.85. The maximum atomic E-state index is 13.1. The minimum atomic E-state index is -0.0981. The third kappa shape index (κ3) is 4.31. The van der Waals surface area contributed by atoms with E-state index in [1.807, 2.05) is 7.05 Å². The summed E-state index contributed by atoms with van der Waals surface area (Å²) < 4.78 is 0. The lowest BCUT2D eigenvalue weighted by Crippen LogP contribution is -2.51. The van der Waals surface area contributed by atoms with E-state index in [4.69, 9.17) is 0 Å². The van der Waals surface area contributed by atoms with Gasteiger partial charge in [0.1, 0.15) is 0 Å². The molecule has 1 aliphatic carbocycles. The highest BCUT2D eigenvalue weighted by Crippen LogP contribution is 2.45. The molecule has 4 heteroatoms. The predicted octanol–water partition coefficient (Wildman–Crippen LogP) is 3.67. The average molecular weight is 351 g/mol. The maximum absolute atomic E-state index is 13.1. The minimum Gasteiger partial charge on any atom is -0.342 e. The largest absolute Gasteiger partial charge is 0.342 e. The fourth-order valence-corrected chi connectivity index (χ4v) is 4.17. The summed E-state index contributed by atoms with van der Waals surface area (Å²) in [7, 11) is 2.02. The lowest BCUT2D eigenvalue weighted by atomic mass is 9.64. The van der Waals surface area contributed by atoms with Gasteiger partial charge in [0.15, 0.2) is 0 Å². The molecule has 1 aromatic rings. The Morgan fingerprint density at radius 3 is 2.42 bits per heavy atom. The zero-order valence-corrected chi connectivity index (χ0v) is 15.6. The van der Waals surface area contributed by atoms with Gasteiger partial charge in [-0.3, -0.25) is 4.79 Å². The molecule has 2 fully saturated rings. The normalized spacial score (nSPS) is 20.1. The van der Waals surface area contributed by atoms with Crippen molar-refractivity contribution < 1.29 is 4.79 Å². The number of piperidine rings is 1. The van der Waals surface area contributed by atoms with Gasteiger partial charge in [-0.2, -0.15) is 0 Å². The number of carbonyl (C=O) groups is 1. The Hall–Kier alpha value is -1.06. The number of nitrogens with one attached hydrogen (secondary N) is 1. The number of carbonyl (C=O) groups excluding carboxylic acids is 1. The third-order valence-electron chi connectivity index (χ3n) is 5.85. The van der Waals surface area contributed by atoms with Gasteiger partial charge in [-0.15, -0.1) is 12.4 Å². The Labute approximate surface area is 152 Å². The second-order valence-corrected chi connectivity index (χ2v) is 7.42. The summed E-state index contributed by atoms with van der Waals surface area (Å²) in [6, 6.07) is 10.5. The molecular formula is C20H31ClN2O. The highest BCUT2D eigenvalue weighted by molar-refractivity contribution is 5.85. The van der Waals surface area contributed by atoms with Crippen LogP contribution in [0.5, 0.6) is 0 Å². The van der Waals surface area contributed by atoms with Crippen molar-refractivity contribution in [3.63, 3.8) is 0 Å². The van der Waals surface area contributed by atoms with Crippen molar-refractivity contribution >= 4 is 18.3 Å². The zero-order chi connectivity index (χ0) is 16.1. The second kappa shape index (κ2) is 8.87. The van der Waals surface area contributed by atoms with Crippen LogP contribution in [0.4, 0.5) is 0 Å². The number of nitrogens with zero attached hydrogens (tertiary/aromatic N) is 1. The molecule has 1 N–H and O–H groups in total. The fraction of sp³-hybridized carbons (Fsp3) is 0.650. The molecule has 0 bridgehead atoms. The summed E-state index contributed by atoms with van der Waals surface area (Å²) in [5.41, 5.74) is 1.21. The lowest BCUT2D eigenvalue weighted by Gasteiger charge is -2.45. The molecule has 134 valence electrons. The summed E-state index contributed by atoms with van der Waals surface area (Å²) in [6.07, 6.45) is 7.86. The molecule has 0 radical (unpaired) electrons. The van der Waals surface area contributed by atoms with Gasteiger partial charge in [-0.25, -0.2) is 0 Å². The Kier molecular flexibility index (Phi) is 7.12. The van der Waals surface area contributed by atoms with Crippen LogP contribution in [0.15, 0.2) is 30.3 Å². The van der Waals surface area contributed by atoms with Crippen LogP contribution >= 0.6 is 12.4 Å². The second-order valence-electron chi connectivity index (χ2n) is 7.42. The number of hydrogen-bond donors (Lipinski definition) is 1. The molecule has 0 unspecified atom stereocenters. The van der Waals surface area contributed by atoms with Gasteiger partial charge in [0.2, 0.25) is 5.91 Å². The van der Waals surface area contributed by atoms with Gasteiger partial charge in [0, 0.05) is 13.1 Å². The maximum Gasteiger partial charge on any atom is 0.229 e. The minimum absolute atomic E-state index is 0. The Morgan fingerprint density at radius 2 is 1.88 bits per heavy atom. The van der Waals surface area contributed by atoms with Crippen molar-refractivity contribution in [3.05, 3.63) is 35.9 Å². The van der Waals surface area contributed by atoms with E-state index in [1.54, 1.807) is 0 Å². The number of hydrogen-bond acceptors (Lipinski definition) is 2. The molecule has 0 spiro atoms. The number of likely N-dealkylation sites (tertiary alicyclic amines) is 1. The van der Waals surface area contributed by atoms with Crippen molar-refractivity contribution in [1.82, 2.24) is 10.2 Å². The first-order valence-electron chi connectivity index (χ1n) is 9.21. The SMILES string of the molecule is CNCCC1CCN(C(=O)C2(Cc3ccccc3)CCC2)CC1.Cl. The van der Waals surface area contributed by atoms with Crippen LogP contribution in [0.2, 0.25) is 0 Å². The van der Waals surface area contributed by atoms with Gasteiger partial charge in [-0.1, -0.05) is 36.8 Å². The molecular weight excluding hydrogens is 320 g/mol. The summed E-state index contributed by atoms with van der Waals surface area (Å²) in [6.45, 7) is 3.02. The van der Waals surface area contributed by atoms with E-state index in [9.17, 15) is 4.79 Å². The Morgan fingerprint density at radius 1 is 1.21 bits per heavy atom. The van der Waals surface area contributed by atoms with Gasteiger partial charge in [-0.05, 0) is 63.6 Å². The van der Waals surface area contributed by atoms with Crippen molar-refractivity contribution in [2.45, 2.75) is 44.9 Å². The summed E-state index contributed by atoms with van der Waals surface area (Å²) in [4.78, 5) is 15.3. The zero-order valence-electron chi connectivity index (χ0n) is 14.8. The van der Waals surface area contributed by atoms with E-state index in [1.165, 1.54) is 31.2 Å². The molecule has 24 heavy (non-hydrogen) atoms. The highest BCUT2D eigenvalue weighted by atomic mass is 35.5. The lowest BCUT2D eigenvalue weighted by molar-refractivity contribution is -0.149. The van der Waals surface area contributed by atoms with Crippen molar-refractivity contribution in [2.24, 2.45) is 11.3 Å². The number of amides is 1. The standard InChI is InChI=1S/C20H30N2O.ClH/c1-21-13-8-17-9-14-22(15-10-17)19(23)20(11-5-12-20)16-18-6-3-2-4-7-18;/h2-4,6-7,17,21H,5,8-16H2,1H3;1H. The van der Waals surface area contributed by atoms with Crippen LogP contribution in [0, 0.1) is 11.3 Å². The number of benzene rings is 1. The topological polar surface area (TPSA) is 32.3 Å². The van der Waals surface area contributed by atoms with E-state index in [0.717, 1.165) is 44.8 Å².